The minimum absolute atomic E-state index is 0.798. The van der Waals surface area contributed by atoms with Crippen molar-refractivity contribution >= 4 is 0 Å². The van der Waals surface area contributed by atoms with Crippen molar-refractivity contribution in [2.75, 3.05) is 0 Å². The van der Waals surface area contributed by atoms with Crippen molar-refractivity contribution in [3.8, 4) is 0 Å². The molecule has 16 heavy (non-hydrogen) atoms. The fourth-order valence-electron chi connectivity index (χ4n) is 2.56. The van der Waals surface area contributed by atoms with Crippen molar-refractivity contribution < 1.29 is 0 Å². The van der Waals surface area contributed by atoms with Gasteiger partial charge in [0.25, 0.3) is 0 Å². The van der Waals surface area contributed by atoms with Crippen LogP contribution in [-0.2, 0) is 0 Å². The normalized spacial score (nSPS) is 26.7. The van der Waals surface area contributed by atoms with Crippen LogP contribution in [0.2, 0.25) is 0 Å². The highest BCUT2D eigenvalue weighted by molar-refractivity contribution is 5.39. The van der Waals surface area contributed by atoms with E-state index in [1.165, 1.54) is 36.8 Å². The van der Waals surface area contributed by atoms with Gasteiger partial charge in [0.15, 0.2) is 0 Å². The SMILES string of the molecule is C=C=CC(=CC)C1=CCC(CC)CC(C)C1. The van der Waals surface area contributed by atoms with Crippen LogP contribution in [0.15, 0.2) is 41.7 Å². The molecule has 0 saturated heterocycles. The molecule has 0 aromatic heterocycles. The van der Waals surface area contributed by atoms with Gasteiger partial charge in [-0.15, -0.1) is 5.73 Å². The summed E-state index contributed by atoms with van der Waals surface area (Å²) in [4.78, 5) is 0. The van der Waals surface area contributed by atoms with E-state index in [-0.39, 0.29) is 0 Å². The molecule has 0 bridgehead atoms. The summed E-state index contributed by atoms with van der Waals surface area (Å²) in [6.45, 7) is 10.4. The molecule has 1 aliphatic rings. The van der Waals surface area contributed by atoms with Crippen molar-refractivity contribution in [1.29, 1.82) is 0 Å². The van der Waals surface area contributed by atoms with Gasteiger partial charge in [0.05, 0.1) is 0 Å². The van der Waals surface area contributed by atoms with Gasteiger partial charge in [-0.3, -0.25) is 0 Å². The Hall–Kier alpha value is -1.00. The molecule has 2 atom stereocenters. The molecule has 0 fully saturated rings. The molecule has 0 heteroatoms. The van der Waals surface area contributed by atoms with Crippen LogP contribution in [0.5, 0.6) is 0 Å². The summed E-state index contributed by atoms with van der Waals surface area (Å²) in [6.07, 6.45) is 11.7. The standard InChI is InChI=1S/C16H24/c1-5-8-15(7-3)16-10-9-14(6-2)11-13(4)12-16/h7-8,10,13-14H,1,6,9,11-12H2,2-4H3. The van der Waals surface area contributed by atoms with Crippen LogP contribution in [0.1, 0.15) is 46.5 Å². The van der Waals surface area contributed by atoms with Gasteiger partial charge in [0.1, 0.15) is 0 Å². The lowest BCUT2D eigenvalue weighted by Gasteiger charge is -2.15. The molecule has 0 radical (unpaired) electrons. The highest BCUT2D eigenvalue weighted by atomic mass is 14.2. The third-order valence-electron chi connectivity index (χ3n) is 3.52. The minimum atomic E-state index is 0.798. The molecule has 0 aliphatic heterocycles. The maximum Gasteiger partial charge on any atom is -0.0134 e. The summed E-state index contributed by atoms with van der Waals surface area (Å²) in [5.74, 6) is 1.67. The molecular formula is C16H24. The number of hydrogen-bond donors (Lipinski definition) is 0. The molecule has 0 aromatic carbocycles. The first-order chi connectivity index (χ1) is 7.71. The quantitative estimate of drug-likeness (QED) is 0.457. The predicted octanol–water partition coefficient (Wildman–Crippen LogP) is 5.05. The molecule has 0 amide bonds. The molecule has 0 nitrogen and oxygen atoms in total. The van der Waals surface area contributed by atoms with Crippen molar-refractivity contribution in [2.24, 2.45) is 11.8 Å². The largest absolute Gasteiger partial charge is 0.128 e. The molecule has 1 aliphatic carbocycles. The fraction of sp³-hybridized carbons (Fsp3) is 0.562. The Bertz CT molecular complexity index is 324. The maximum atomic E-state index is 3.67. The third kappa shape index (κ3) is 3.54. The summed E-state index contributed by atoms with van der Waals surface area (Å²) in [7, 11) is 0. The monoisotopic (exact) mass is 216 g/mol. The van der Waals surface area contributed by atoms with E-state index in [0.717, 1.165) is 11.8 Å². The van der Waals surface area contributed by atoms with Gasteiger partial charge in [-0.05, 0) is 55.2 Å². The second-order valence-corrected chi connectivity index (χ2v) is 4.88. The van der Waals surface area contributed by atoms with E-state index >= 15 is 0 Å². The topological polar surface area (TPSA) is 0 Å². The van der Waals surface area contributed by atoms with Crippen LogP contribution in [0.4, 0.5) is 0 Å². The van der Waals surface area contributed by atoms with Gasteiger partial charge in [-0.2, -0.15) is 0 Å². The summed E-state index contributed by atoms with van der Waals surface area (Å²) in [5.41, 5.74) is 5.68. The number of allylic oxidation sites excluding steroid dienone is 5. The van der Waals surface area contributed by atoms with Gasteiger partial charge in [-0.25, -0.2) is 0 Å². The third-order valence-corrected chi connectivity index (χ3v) is 3.52. The molecule has 88 valence electrons. The van der Waals surface area contributed by atoms with Crippen LogP contribution in [0.25, 0.3) is 0 Å². The van der Waals surface area contributed by atoms with Gasteiger partial charge in [0.2, 0.25) is 0 Å². The van der Waals surface area contributed by atoms with Crippen molar-refractivity contribution in [3.05, 3.63) is 41.7 Å². The van der Waals surface area contributed by atoms with E-state index < -0.39 is 0 Å². The van der Waals surface area contributed by atoms with Gasteiger partial charge in [0, 0.05) is 0 Å². The Labute approximate surface area is 100 Å². The average molecular weight is 216 g/mol. The summed E-state index contributed by atoms with van der Waals surface area (Å²) in [5, 5.41) is 0. The molecule has 0 aromatic rings. The van der Waals surface area contributed by atoms with E-state index in [2.05, 4.69) is 45.2 Å². The summed E-state index contributed by atoms with van der Waals surface area (Å²) < 4.78 is 0. The first-order valence-electron chi connectivity index (χ1n) is 6.42. The minimum Gasteiger partial charge on any atom is -0.128 e. The maximum absolute atomic E-state index is 3.67. The molecular weight excluding hydrogens is 192 g/mol. The molecule has 2 unspecified atom stereocenters. The van der Waals surface area contributed by atoms with E-state index in [1.807, 2.05) is 6.08 Å². The van der Waals surface area contributed by atoms with E-state index in [1.54, 1.807) is 0 Å². The first-order valence-corrected chi connectivity index (χ1v) is 6.42. The highest BCUT2D eigenvalue weighted by Crippen LogP contribution is 2.32. The molecule has 0 saturated carbocycles. The van der Waals surface area contributed by atoms with Crippen LogP contribution in [0.3, 0.4) is 0 Å². The van der Waals surface area contributed by atoms with E-state index in [4.69, 9.17) is 0 Å². The number of rotatable bonds is 3. The highest BCUT2D eigenvalue weighted by Gasteiger charge is 2.17. The van der Waals surface area contributed by atoms with Crippen LogP contribution in [0, 0.1) is 11.8 Å². The summed E-state index contributed by atoms with van der Waals surface area (Å²) in [6, 6.07) is 0. The van der Waals surface area contributed by atoms with Gasteiger partial charge >= 0.3 is 0 Å². The Kier molecular flexibility index (Phi) is 5.35. The van der Waals surface area contributed by atoms with Crippen molar-refractivity contribution in [2.45, 2.75) is 46.5 Å². The second-order valence-electron chi connectivity index (χ2n) is 4.88. The Morgan fingerprint density at radius 3 is 2.94 bits per heavy atom. The molecule has 0 spiro atoms. The molecule has 0 heterocycles. The lowest BCUT2D eigenvalue weighted by atomic mass is 9.91. The summed E-state index contributed by atoms with van der Waals surface area (Å²) >= 11 is 0. The first kappa shape index (κ1) is 13.1. The Balaban J connectivity index is 2.87. The zero-order valence-corrected chi connectivity index (χ0v) is 10.9. The lowest BCUT2D eigenvalue weighted by Crippen LogP contribution is -2.02. The van der Waals surface area contributed by atoms with E-state index in [0.29, 0.717) is 0 Å². The lowest BCUT2D eigenvalue weighted by molar-refractivity contribution is 0.394. The fourth-order valence-corrected chi connectivity index (χ4v) is 2.56. The van der Waals surface area contributed by atoms with Crippen LogP contribution >= 0.6 is 0 Å². The smallest absolute Gasteiger partial charge is 0.0134 e. The Morgan fingerprint density at radius 1 is 1.62 bits per heavy atom. The van der Waals surface area contributed by atoms with Gasteiger partial charge < -0.3 is 0 Å². The van der Waals surface area contributed by atoms with Crippen molar-refractivity contribution in [1.82, 2.24) is 0 Å². The van der Waals surface area contributed by atoms with Crippen molar-refractivity contribution in [3.63, 3.8) is 0 Å². The Morgan fingerprint density at radius 2 is 2.38 bits per heavy atom. The number of hydrogen-bond acceptors (Lipinski definition) is 0. The second kappa shape index (κ2) is 6.55. The van der Waals surface area contributed by atoms with E-state index in [9.17, 15) is 0 Å². The van der Waals surface area contributed by atoms with Crippen LogP contribution in [-0.4, -0.2) is 0 Å². The molecule has 0 N–H and O–H groups in total. The zero-order valence-electron chi connectivity index (χ0n) is 10.9. The van der Waals surface area contributed by atoms with Crippen LogP contribution < -0.4 is 0 Å². The zero-order chi connectivity index (χ0) is 12.0. The molecule has 1 rings (SSSR count). The average Bonchev–Trinajstić information content (AvgIpc) is 2.47. The predicted molar refractivity (Wildman–Crippen MR) is 72.3 cm³/mol. The van der Waals surface area contributed by atoms with Gasteiger partial charge in [-0.1, -0.05) is 39.0 Å².